The molecule has 2 aromatic rings. The molecular formula is C19H22F2N4O. The number of rotatable bonds is 5. The summed E-state index contributed by atoms with van der Waals surface area (Å²) in [7, 11) is 0. The van der Waals surface area contributed by atoms with E-state index in [0.717, 1.165) is 44.9 Å². The Morgan fingerprint density at radius 1 is 1.15 bits per heavy atom. The number of nitrogens with zero attached hydrogens (tertiary/aromatic N) is 3. The number of nitrogens with one attached hydrogen (secondary N) is 1. The highest BCUT2D eigenvalue weighted by molar-refractivity contribution is 5.92. The van der Waals surface area contributed by atoms with E-state index in [1.54, 1.807) is 6.20 Å². The molecule has 0 spiro atoms. The van der Waals surface area contributed by atoms with Crippen molar-refractivity contribution in [3.05, 3.63) is 59.4 Å². The van der Waals surface area contributed by atoms with Crippen LogP contribution in [0.1, 0.15) is 11.1 Å². The predicted molar refractivity (Wildman–Crippen MR) is 95.7 cm³/mol. The molecule has 0 saturated carbocycles. The largest absolute Gasteiger partial charge is 0.322 e. The molecule has 0 unspecified atom stereocenters. The van der Waals surface area contributed by atoms with Gasteiger partial charge in [-0.15, -0.1) is 0 Å². The monoisotopic (exact) mass is 360 g/mol. The van der Waals surface area contributed by atoms with Gasteiger partial charge in [-0.05, 0) is 36.2 Å². The highest BCUT2D eigenvalue weighted by Crippen LogP contribution is 2.15. The molecule has 3 rings (SSSR count). The van der Waals surface area contributed by atoms with Crippen LogP contribution >= 0.6 is 0 Å². The normalized spacial score (nSPS) is 15.8. The lowest BCUT2D eigenvalue weighted by molar-refractivity contribution is -0.117. The molecule has 1 fully saturated rings. The second-order valence-corrected chi connectivity index (χ2v) is 6.53. The van der Waals surface area contributed by atoms with E-state index in [9.17, 15) is 13.6 Å². The van der Waals surface area contributed by atoms with Crippen LogP contribution in [-0.4, -0.2) is 53.4 Å². The minimum atomic E-state index is -0.769. The summed E-state index contributed by atoms with van der Waals surface area (Å²) in [6, 6.07) is 5.12. The molecule has 1 aromatic carbocycles. The van der Waals surface area contributed by atoms with Crippen LogP contribution in [0.3, 0.4) is 0 Å². The molecule has 138 valence electrons. The van der Waals surface area contributed by atoms with Gasteiger partial charge in [-0.1, -0.05) is 0 Å². The summed E-state index contributed by atoms with van der Waals surface area (Å²) >= 11 is 0. The van der Waals surface area contributed by atoms with E-state index in [2.05, 4.69) is 22.1 Å². The Morgan fingerprint density at radius 2 is 1.88 bits per heavy atom. The van der Waals surface area contributed by atoms with Gasteiger partial charge in [0.25, 0.3) is 0 Å². The van der Waals surface area contributed by atoms with Crippen LogP contribution < -0.4 is 5.32 Å². The van der Waals surface area contributed by atoms with Gasteiger partial charge in [-0.2, -0.15) is 0 Å². The third-order valence-corrected chi connectivity index (χ3v) is 4.58. The summed E-state index contributed by atoms with van der Waals surface area (Å²) in [5.41, 5.74) is 2.44. The van der Waals surface area contributed by atoms with E-state index in [0.29, 0.717) is 0 Å². The average Bonchev–Trinajstić information content (AvgIpc) is 2.61. The molecule has 26 heavy (non-hydrogen) atoms. The van der Waals surface area contributed by atoms with Crippen molar-refractivity contribution in [1.82, 2.24) is 14.8 Å². The fraction of sp³-hybridized carbons (Fsp3) is 0.368. The predicted octanol–water partition coefficient (Wildman–Crippen LogP) is 2.42. The van der Waals surface area contributed by atoms with Crippen molar-refractivity contribution < 1.29 is 13.6 Å². The van der Waals surface area contributed by atoms with Gasteiger partial charge in [-0.3, -0.25) is 19.6 Å². The molecule has 1 aliphatic rings. The third kappa shape index (κ3) is 4.83. The molecule has 7 heteroatoms. The number of halogens is 2. The zero-order chi connectivity index (χ0) is 18.5. The Bertz CT molecular complexity index is 776. The topological polar surface area (TPSA) is 48.5 Å². The fourth-order valence-corrected chi connectivity index (χ4v) is 2.99. The second-order valence-electron chi connectivity index (χ2n) is 6.53. The maximum Gasteiger partial charge on any atom is 0.238 e. The minimum absolute atomic E-state index is 0.00193. The molecule has 0 atom stereocenters. The first-order valence-electron chi connectivity index (χ1n) is 8.60. The van der Waals surface area contributed by atoms with Crippen molar-refractivity contribution in [3.63, 3.8) is 0 Å². The SMILES string of the molecule is Cc1ccncc1CN1CCN(CC(=O)Nc2ccc(F)cc2F)CC1. The lowest BCUT2D eigenvalue weighted by Gasteiger charge is -2.34. The van der Waals surface area contributed by atoms with Crippen molar-refractivity contribution in [2.45, 2.75) is 13.5 Å². The molecule has 1 aromatic heterocycles. The smallest absolute Gasteiger partial charge is 0.238 e. The van der Waals surface area contributed by atoms with Gasteiger partial charge < -0.3 is 5.32 Å². The molecule has 5 nitrogen and oxygen atoms in total. The van der Waals surface area contributed by atoms with Gasteiger partial charge in [0, 0.05) is 51.2 Å². The van der Waals surface area contributed by atoms with E-state index in [1.807, 2.05) is 17.2 Å². The number of aryl methyl sites for hydroxylation is 1. The van der Waals surface area contributed by atoms with Crippen LogP contribution in [0, 0.1) is 18.6 Å². The lowest BCUT2D eigenvalue weighted by Crippen LogP contribution is -2.48. The van der Waals surface area contributed by atoms with Crippen molar-refractivity contribution in [2.75, 3.05) is 38.0 Å². The third-order valence-electron chi connectivity index (χ3n) is 4.58. The number of anilines is 1. The number of amides is 1. The number of hydrogen-bond donors (Lipinski definition) is 1. The molecule has 1 N–H and O–H groups in total. The molecule has 0 bridgehead atoms. The Hall–Kier alpha value is -2.38. The van der Waals surface area contributed by atoms with Gasteiger partial charge >= 0.3 is 0 Å². The highest BCUT2D eigenvalue weighted by Gasteiger charge is 2.20. The van der Waals surface area contributed by atoms with Crippen LogP contribution in [0.4, 0.5) is 14.5 Å². The Morgan fingerprint density at radius 3 is 2.58 bits per heavy atom. The summed E-state index contributed by atoms with van der Waals surface area (Å²) in [4.78, 5) is 20.6. The van der Waals surface area contributed by atoms with E-state index in [4.69, 9.17) is 0 Å². The standard InChI is InChI=1S/C19H22F2N4O/c1-14-4-5-22-11-15(14)12-24-6-8-25(9-7-24)13-19(26)23-18-3-2-16(20)10-17(18)21/h2-5,10-11H,6-9,12-13H2,1H3,(H,23,26). The van der Waals surface area contributed by atoms with Gasteiger partial charge in [0.2, 0.25) is 5.91 Å². The Balaban J connectivity index is 1.46. The summed E-state index contributed by atoms with van der Waals surface area (Å²) in [5.74, 6) is -1.73. The van der Waals surface area contributed by atoms with E-state index in [1.165, 1.54) is 17.2 Å². The number of carbonyl (C=O) groups excluding carboxylic acids is 1. The van der Waals surface area contributed by atoms with Crippen molar-refractivity contribution in [2.24, 2.45) is 0 Å². The summed E-state index contributed by atoms with van der Waals surface area (Å²) in [6.07, 6.45) is 3.69. The van der Waals surface area contributed by atoms with Crippen LogP contribution in [0.25, 0.3) is 0 Å². The fourth-order valence-electron chi connectivity index (χ4n) is 2.99. The number of benzene rings is 1. The molecule has 1 saturated heterocycles. The summed E-state index contributed by atoms with van der Waals surface area (Å²) in [6.45, 7) is 6.35. The highest BCUT2D eigenvalue weighted by atomic mass is 19.1. The van der Waals surface area contributed by atoms with Crippen LogP contribution in [0.2, 0.25) is 0 Å². The Labute approximate surface area is 151 Å². The Kier molecular flexibility index (Phi) is 5.90. The molecule has 2 heterocycles. The van der Waals surface area contributed by atoms with Gasteiger partial charge in [-0.25, -0.2) is 8.78 Å². The molecule has 0 aliphatic carbocycles. The minimum Gasteiger partial charge on any atom is -0.322 e. The maximum absolute atomic E-state index is 13.6. The number of aromatic nitrogens is 1. The number of carbonyl (C=O) groups is 1. The number of piperazine rings is 1. The van der Waals surface area contributed by atoms with E-state index in [-0.39, 0.29) is 18.1 Å². The molecular weight excluding hydrogens is 338 g/mol. The average molecular weight is 360 g/mol. The van der Waals surface area contributed by atoms with Gasteiger partial charge in [0.1, 0.15) is 11.6 Å². The van der Waals surface area contributed by atoms with E-state index < -0.39 is 11.6 Å². The zero-order valence-electron chi connectivity index (χ0n) is 14.7. The first-order valence-corrected chi connectivity index (χ1v) is 8.60. The second kappa shape index (κ2) is 8.33. The first kappa shape index (κ1) is 18.4. The van der Waals surface area contributed by atoms with Crippen LogP contribution in [-0.2, 0) is 11.3 Å². The lowest BCUT2D eigenvalue weighted by atomic mass is 10.1. The number of pyridine rings is 1. The molecule has 1 aliphatic heterocycles. The quantitative estimate of drug-likeness (QED) is 0.890. The molecule has 0 radical (unpaired) electrons. The van der Waals surface area contributed by atoms with Crippen molar-refractivity contribution in [1.29, 1.82) is 0 Å². The van der Waals surface area contributed by atoms with Crippen molar-refractivity contribution in [3.8, 4) is 0 Å². The molecule has 1 amide bonds. The summed E-state index contributed by atoms with van der Waals surface area (Å²) < 4.78 is 26.5. The number of hydrogen-bond acceptors (Lipinski definition) is 4. The first-order chi connectivity index (χ1) is 12.5. The van der Waals surface area contributed by atoms with Gasteiger partial charge in [0.15, 0.2) is 0 Å². The van der Waals surface area contributed by atoms with Crippen molar-refractivity contribution >= 4 is 11.6 Å². The zero-order valence-corrected chi connectivity index (χ0v) is 14.7. The summed E-state index contributed by atoms with van der Waals surface area (Å²) in [5, 5.41) is 2.50. The van der Waals surface area contributed by atoms with Crippen LogP contribution in [0.15, 0.2) is 36.7 Å². The van der Waals surface area contributed by atoms with E-state index >= 15 is 0 Å². The van der Waals surface area contributed by atoms with Crippen LogP contribution in [0.5, 0.6) is 0 Å². The maximum atomic E-state index is 13.6. The van der Waals surface area contributed by atoms with Gasteiger partial charge in [0.05, 0.1) is 12.2 Å².